The summed E-state index contributed by atoms with van der Waals surface area (Å²) in [5.41, 5.74) is 1.72. The highest BCUT2D eigenvalue weighted by molar-refractivity contribution is 5.69. The van der Waals surface area contributed by atoms with E-state index in [0.29, 0.717) is 36.2 Å². The summed E-state index contributed by atoms with van der Waals surface area (Å²) in [5.74, 6) is 1.22. The fourth-order valence-electron chi connectivity index (χ4n) is 8.39. The Kier molecular flexibility index (Phi) is 29.7. The first-order valence-corrected chi connectivity index (χ1v) is 24.5. The number of aromatic hydroxyl groups is 2. The largest absolute Gasteiger partial charge is 0.508 e. The normalized spacial score (nSPS) is 12.7. The van der Waals surface area contributed by atoms with Gasteiger partial charge in [0, 0.05) is 18.3 Å². The van der Waals surface area contributed by atoms with Crippen molar-refractivity contribution in [1.82, 2.24) is 0 Å². The zero-order valence-corrected chi connectivity index (χ0v) is 38.4. The monoisotopic (exact) mass is 821 g/mol. The van der Waals surface area contributed by atoms with E-state index in [9.17, 15) is 19.8 Å². The van der Waals surface area contributed by atoms with Crippen molar-refractivity contribution in [3.8, 4) is 11.5 Å². The lowest BCUT2D eigenvalue weighted by molar-refractivity contribution is -0.152. The third kappa shape index (κ3) is 26.0. The molecule has 59 heavy (non-hydrogen) atoms. The number of hydrogen-bond acceptors (Lipinski definition) is 6. The Hall–Kier alpha value is -3.02. The van der Waals surface area contributed by atoms with Gasteiger partial charge in [0.1, 0.15) is 11.5 Å². The first-order valence-electron chi connectivity index (χ1n) is 24.5. The predicted octanol–water partition coefficient (Wildman–Crippen LogP) is 15.8. The summed E-state index contributed by atoms with van der Waals surface area (Å²) < 4.78 is 11.2. The maximum absolute atomic E-state index is 12.6. The summed E-state index contributed by atoms with van der Waals surface area (Å²) in [6.07, 6.45) is 34.0. The molecule has 2 aromatic carbocycles. The van der Waals surface area contributed by atoms with Crippen LogP contribution in [0.4, 0.5) is 0 Å². The molecule has 0 saturated heterocycles. The third-order valence-electron chi connectivity index (χ3n) is 12.2. The summed E-state index contributed by atoms with van der Waals surface area (Å²) in [5, 5.41) is 21.1. The molecule has 0 saturated carbocycles. The van der Waals surface area contributed by atoms with Gasteiger partial charge in [-0.15, -0.1) is 0 Å². The van der Waals surface area contributed by atoms with Crippen LogP contribution in [0.5, 0.6) is 11.5 Å². The number of carbonyl (C=O) groups excluding carboxylic acids is 2. The summed E-state index contributed by atoms with van der Waals surface area (Å²) >= 11 is 0. The van der Waals surface area contributed by atoms with Crippen molar-refractivity contribution in [2.24, 2.45) is 5.41 Å². The van der Waals surface area contributed by atoms with Crippen LogP contribution in [0.2, 0.25) is 0 Å². The SMILES string of the molecule is CCCCCCCCCCC(CCCCCCC(=O)OCC(C)(C)COC(=O)CCCCCCC(CCCCCCCCCC)c1ccccc1O)c1ccccc1O. The number of ether oxygens (including phenoxy) is 2. The van der Waals surface area contributed by atoms with Crippen molar-refractivity contribution in [1.29, 1.82) is 0 Å². The number of benzene rings is 2. The van der Waals surface area contributed by atoms with Gasteiger partial charge in [0.15, 0.2) is 0 Å². The first kappa shape index (κ1) is 52.1. The maximum atomic E-state index is 12.6. The number of phenols is 2. The molecule has 0 aliphatic heterocycles. The Labute approximate surface area is 362 Å². The zero-order chi connectivity index (χ0) is 42.8. The van der Waals surface area contributed by atoms with E-state index in [1.165, 1.54) is 103 Å². The highest BCUT2D eigenvalue weighted by Gasteiger charge is 2.23. The number of unbranched alkanes of at least 4 members (excludes halogenated alkanes) is 20. The molecular weight excluding hydrogens is 733 g/mol. The number of rotatable bonds is 38. The van der Waals surface area contributed by atoms with Crippen molar-refractivity contribution in [3.05, 3.63) is 59.7 Å². The smallest absolute Gasteiger partial charge is 0.305 e. The molecule has 0 fully saturated rings. The van der Waals surface area contributed by atoms with Crippen molar-refractivity contribution in [2.45, 2.75) is 232 Å². The molecule has 2 N–H and O–H groups in total. The molecule has 336 valence electrons. The van der Waals surface area contributed by atoms with E-state index in [-0.39, 0.29) is 25.2 Å². The number of phenolic OH excluding ortho intramolecular Hbond substituents is 2. The Morgan fingerprint density at radius 1 is 0.458 bits per heavy atom. The second-order valence-electron chi connectivity index (χ2n) is 18.4. The van der Waals surface area contributed by atoms with Crippen LogP contribution in [-0.2, 0) is 19.1 Å². The van der Waals surface area contributed by atoms with Crippen LogP contribution in [0.1, 0.15) is 243 Å². The average Bonchev–Trinajstić information content (AvgIpc) is 3.22. The Morgan fingerprint density at radius 2 is 0.746 bits per heavy atom. The van der Waals surface area contributed by atoms with Gasteiger partial charge in [-0.25, -0.2) is 0 Å². The molecule has 0 bridgehead atoms. The van der Waals surface area contributed by atoms with Crippen LogP contribution in [0.3, 0.4) is 0 Å². The molecule has 2 aromatic rings. The first-order chi connectivity index (χ1) is 28.7. The van der Waals surface area contributed by atoms with Gasteiger partial charge in [-0.3, -0.25) is 9.59 Å². The van der Waals surface area contributed by atoms with Crippen molar-refractivity contribution in [2.75, 3.05) is 13.2 Å². The van der Waals surface area contributed by atoms with Crippen LogP contribution in [0.25, 0.3) is 0 Å². The van der Waals surface area contributed by atoms with Gasteiger partial charge in [-0.1, -0.05) is 205 Å². The molecule has 0 amide bonds. The van der Waals surface area contributed by atoms with E-state index in [4.69, 9.17) is 9.47 Å². The highest BCUT2D eigenvalue weighted by atomic mass is 16.5. The van der Waals surface area contributed by atoms with Gasteiger partial charge in [-0.05, 0) is 73.6 Å². The summed E-state index contributed by atoms with van der Waals surface area (Å²) in [7, 11) is 0. The molecule has 0 aliphatic carbocycles. The molecule has 0 aliphatic rings. The predicted molar refractivity (Wildman–Crippen MR) is 247 cm³/mol. The van der Waals surface area contributed by atoms with E-state index in [0.717, 1.165) is 88.2 Å². The third-order valence-corrected chi connectivity index (χ3v) is 12.2. The number of esters is 2. The summed E-state index contributed by atoms with van der Waals surface area (Å²) in [6.45, 7) is 8.93. The van der Waals surface area contributed by atoms with Crippen LogP contribution < -0.4 is 0 Å². The fourth-order valence-corrected chi connectivity index (χ4v) is 8.39. The minimum absolute atomic E-state index is 0.186. The molecule has 6 heteroatoms. The van der Waals surface area contributed by atoms with Crippen LogP contribution in [-0.4, -0.2) is 35.4 Å². The Morgan fingerprint density at radius 3 is 1.07 bits per heavy atom. The minimum atomic E-state index is -0.439. The van der Waals surface area contributed by atoms with E-state index in [2.05, 4.69) is 26.0 Å². The second-order valence-corrected chi connectivity index (χ2v) is 18.4. The molecule has 2 atom stereocenters. The van der Waals surface area contributed by atoms with Crippen LogP contribution in [0, 0.1) is 5.41 Å². The van der Waals surface area contributed by atoms with Gasteiger partial charge in [0.05, 0.1) is 13.2 Å². The highest BCUT2D eigenvalue weighted by Crippen LogP contribution is 2.35. The lowest BCUT2D eigenvalue weighted by atomic mass is 9.87. The molecule has 2 unspecified atom stereocenters. The Balaban J connectivity index is 1.57. The maximum Gasteiger partial charge on any atom is 0.305 e. The Bertz CT molecular complexity index is 1240. The lowest BCUT2D eigenvalue weighted by Gasteiger charge is -2.23. The molecule has 0 spiro atoms. The molecule has 0 radical (unpaired) electrons. The zero-order valence-electron chi connectivity index (χ0n) is 38.4. The summed E-state index contributed by atoms with van der Waals surface area (Å²) in [6, 6.07) is 15.7. The van der Waals surface area contributed by atoms with Gasteiger partial charge < -0.3 is 19.7 Å². The molecule has 0 aromatic heterocycles. The van der Waals surface area contributed by atoms with Gasteiger partial charge in [0.2, 0.25) is 0 Å². The van der Waals surface area contributed by atoms with Crippen LogP contribution in [0.15, 0.2) is 48.5 Å². The minimum Gasteiger partial charge on any atom is -0.508 e. The van der Waals surface area contributed by atoms with Gasteiger partial charge in [0.25, 0.3) is 0 Å². The molecule has 2 rings (SSSR count). The second kappa shape index (κ2) is 33.7. The van der Waals surface area contributed by atoms with Crippen molar-refractivity contribution < 1.29 is 29.3 Å². The van der Waals surface area contributed by atoms with Crippen molar-refractivity contribution >= 4 is 11.9 Å². The lowest BCUT2D eigenvalue weighted by Crippen LogP contribution is -2.28. The number of hydrogen-bond donors (Lipinski definition) is 2. The van der Waals surface area contributed by atoms with Crippen molar-refractivity contribution in [3.63, 3.8) is 0 Å². The molecule has 6 nitrogen and oxygen atoms in total. The fraction of sp³-hybridized carbons (Fsp3) is 0.736. The van der Waals surface area contributed by atoms with E-state index < -0.39 is 5.41 Å². The van der Waals surface area contributed by atoms with Gasteiger partial charge >= 0.3 is 11.9 Å². The topological polar surface area (TPSA) is 93.1 Å². The number of para-hydroxylation sites is 2. The van der Waals surface area contributed by atoms with E-state index in [1.807, 2.05) is 50.2 Å². The van der Waals surface area contributed by atoms with Crippen LogP contribution >= 0.6 is 0 Å². The average molecular weight is 821 g/mol. The van der Waals surface area contributed by atoms with E-state index >= 15 is 0 Å². The number of carbonyl (C=O) groups is 2. The standard InChI is InChI=1S/C53H88O6/c1-5-7-9-11-13-15-17-23-33-45(47-37-29-31-39-49(47)54)35-25-19-21-27-41-51(56)58-43-53(3,4)44-59-52(57)42-28-22-20-26-36-46(48-38-30-32-40-50(48)55)34-24-18-16-14-12-10-8-6-2/h29-32,37-40,45-46,54-55H,5-28,33-36,41-44H2,1-4H3. The molecular formula is C53H88O6. The summed E-state index contributed by atoms with van der Waals surface area (Å²) in [4.78, 5) is 25.1. The van der Waals surface area contributed by atoms with E-state index in [1.54, 1.807) is 0 Å². The van der Waals surface area contributed by atoms with Gasteiger partial charge in [-0.2, -0.15) is 0 Å². The molecule has 0 heterocycles. The quantitative estimate of drug-likeness (QED) is 0.0518.